The first-order valence-corrected chi connectivity index (χ1v) is 7.24. The van der Waals surface area contributed by atoms with Crippen molar-refractivity contribution in [3.8, 4) is 0 Å². The minimum absolute atomic E-state index is 0.234. The van der Waals surface area contributed by atoms with Gasteiger partial charge < -0.3 is 10.1 Å². The Kier molecular flexibility index (Phi) is 5.81. The molecular weight excluding hydrogens is 325 g/mol. The minimum atomic E-state index is -0.541. The fraction of sp³-hybridized carbons (Fsp3) is 0.125. The highest BCUT2D eigenvalue weighted by Crippen LogP contribution is 2.20. The smallest absolute Gasteiger partial charge is 0.338 e. The lowest BCUT2D eigenvalue weighted by atomic mass is 10.2. The molecule has 0 heterocycles. The fourth-order valence-corrected chi connectivity index (χ4v) is 2.17. The van der Waals surface area contributed by atoms with E-state index in [0.717, 1.165) is 5.56 Å². The Morgan fingerprint density at radius 1 is 1.05 bits per heavy atom. The Morgan fingerprint density at radius 3 is 2.45 bits per heavy atom. The van der Waals surface area contributed by atoms with Crippen LogP contribution in [-0.2, 0) is 16.1 Å². The maximum atomic E-state index is 11.7. The molecule has 0 aliphatic carbocycles. The van der Waals surface area contributed by atoms with Crippen LogP contribution in [0.25, 0.3) is 0 Å². The van der Waals surface area contributed by atoms with E-state index in [0.29, 0.717) is 15.6 Å². The molecule has 6 heteroatoms. The largest absolute Gasteiger partial charge is 0.452 e. The zero-order valence-electron chi connectivity index (χ0n) is 11.5. The van der Waals surface area contributed by atoms with E-state index in [-0.39, 0.29) is 13.2 Å². The van der Waals surface area contributed by atoms with Gasteiger partial charge in [0.15, 0.2) is 6.61 Å². The quantitative estimate of drug-likeness (QED) is 0.850. The molecule has 22 heavy (non-hydrogen) atoms. The minimum Gasteiger partial charge on any atom is -0.452 e. The average molecular weight is 338 g/mol. The van der Waals surface area contributed by atoms with E-state index < -0.39 is 11.9 Å². The number of carbonyl (C=O) groups is 2. The van der Waals surface area contributed by atoms with Crippen LogP contribution >= 0.6 is 23.2 Å². The molecule has 0 unspecified atom stereocenters. The molecule has 0 aromatic heterocycles. The number of nitrogens with one attached hydrogen (secondary N) is 1. The van der Waals surface area contributed by atoms with Crippen LogP contribution in [0.2, 0.25) is 10.0 Å². The van der Waals surface area contributed by atoms with Crippen molar-refractivity contribution in [3.05, 3.63) is 69.7 Å². The molecule has 0 saturated carbocycles. The van der Waals surface area contributed by atoms with E-state index >= 15 is 0 Å². The van der Waals surface area contributed by atoms with Crippen molar-refractivity contribution < 1.29 is 14.3 Å². The SMILES string of the molecule is O=C(COC(=O)c1ccccc1)NCc1ccc(Cl)cc1Cl. The number of halogens is 2. The van der Waals surface area contributed by atoms with Gasteiger partial charge in [-0.2, -0.15) is 0 Å². The van der Waals surface area contributed by atoms with Crippen LogP contribution in [0.3, 0.4) is 0 Å². The Morgan fingerprint density at radius 2 is 1.77 bits per heavy atom. The van der Waals surface area contributed by atoms with Crippen molar-refractivity contribution in [1.82, 2.24) is 5.32 Å². The number of rotatable bonds is 5. The van der Waals surface area contributed by atoms with E-state index in [1.807, 2.05) is 0 Å². The summed E-state index contributed by atoms with van der Waals surface area (Å²) < 4.78 is 4.92. The lowest BCUT2D eigenvalue weighted by molar-refractivity contribution is -0.124. The fourth-order valence-electron chi connectivity index (χ4n) is 1.70. The summed E-state index contributed by atoms with van der Waals surface area (Å²) in [5.41, 5.74) is 1.13. The topological polar surface area (TPSA) is 55.4 Å². The van der Waals surface area contributed by atoms with Crippen LogP contribution < -0.4 is 5.32 Å². The van der Waals surface area contributed by atoms with Gasteiger partial charge in [0.1, 0.15) is 0 Å². The third-order valence-corrected chi connectivity index (χ3v) is 3.42. The van der Waals surface area contributed by atoms with Crippen LogP contribution in [0.5, 0.6) is 0 Å². The molecule has 2 aromatic carbocycles. The Labute approximate surface area is 138 Å². The first-order valence-electron chi connectivity index (χ1n) is 6.49. The Bertz CT molecular complexity index is 674. The van der Waals surface area contributed by atoms with Gasteiger partial charge in [-0.15, -0.1) is 0 Å². The first-order chi connectivity index (χ1) is 10.6. The van der Waals surface area contributed by atoms with Crippen LogP contribution in [0.4, 0.5) is 0 Å². The molecule has 1 N–H and O–H groups in total. The molecule has 0 aliphatic heterocycles. The van der Waals surface area contributed by atoms with Crippen LogP contribution in [0, 0.1) is 0 Å². The molecule has 2 aromatic rings. The molecule has 0 fully saturated rings. The zero-order valence-corrected chi connectivity index (χ0v) is 13.0. The number of amides is 1. The second-order valence-electron chi connectivity index (χ2n) is 4.45. The molecule has 0 atom stereocenters. The maximum absolute atomic E-state index is 11.7. The highest BCUT2D eigenvalue weighted by Gasteiger charge is 2.10. The number of carbonyl (C=O) groups excluding carboxylic acids is 2. The summed E-state index contributed by atoms with van der Waals surface area (Å²) in [7, 11) is 0. The van der Waals surface area contributed by atoms with E-state index in [1.165, 1.54) is 0 Å². The summed E-state index contributed by atoms with van der Waals surface area (Å²) in [6.07, 6.45) is 0. The number of esters is 1. The first kappa shape index (κ1) is 16.3. The molecule has 0 bridgehead atoms. The molecule has 4 nitrogen and oxygen atoms in total. The zero-order chi connectivity index (χ0) is 15.9. The van der Waals surface area contributed by atoms with Gasteiger partial charge in [0.2, 0.25) is 0 Å². The number of ether oxygens (including phenoxy) is 1. The van der Waals surface area contributed by atoms with E-state index in [1.54, 1.807) is 48.5 Å². The third kappa shape index (κ3) is 4.76. The predicted octanol–water partition coefficient (Wildman–Crippen LogP) is 3.47. The van der Waals surface area contributed by atoms with E-state index in [2.05, 4.69) is 5.32 Å². The molecule has 0 radical (unpaired) electrons. The maximum Gasteiger partial charge on any atom is 0.338 e. The molecule has 0 aliphatic rings. The summed E-state index contributed by atoms with van der Waals surface area (Å²) in [5.74, 6) is -0.949. The highest BCUT2D eigenvalue weighted by atomic mass is 35.5. The second-order valence-corrected chi connectivity index (χ2v) is 5.30. The van der Waals surface area contributed by atoms with Crippen LogP contribution in [-0.4, -0.2) is 18.5 Å². The normalized spacial score (nSPS) is 10.1. The summed E-state index contributed by atoms with van der Waals surface area (Å²) in [5, 5.41) is 3.61. The van der Waals surface area contributed by atoms with Gasteiger partial charge >= 0.3 is 5.97 Å². The van der Waals surface area contributed by atoms with Gasteiger partial charge in [-0.25, -0.2) is 4.79 Å². The van der Waals surface area contributed by atoms with Gasteiger partial charge in [0.05, 0.1) is 5.56 Å². The lowest BCUT2D eigenvalue weighted by Crippen LogP contribution is -2.28. The van der Waals surface area contributed by atoms with E-state index in [9.17, 15) is 9.59 Å². The van der Waals surface area contributed by atoms with Crippen LogP contribution in [0.1, 0.15) is 15.9 Å². The third-order valence-electron chi connectivity index (χ3n) is 2.83. The van der Waals surface area contributed by atoms with Crippen molar-refractivity contribution >= 4 is 35.1 Å². The van der Waals surface area contributed by atoms with Gasteiger partial charge in [-0.05, 0) is 29.8 Å². The highest BCUT2D eigenvalue weighted by molar-refractivity contribution is 6.35. The van der Waals surface area contributed by atoms with Crippen molar-refractivity contribution in [1.29, 1.82) is 0 Å². The van der Waals surface area contributed by atoms with E-state index in [4.69, 9.17) is 27.9 Å². The Balaban J connectivity index is 1.80. The molecular formula is C16H13Cl2NO3. The molecule has 0 saturated heterocycles. The average Bonchev–Trinajstić information content (AvgIpc) is 2.52. The summed E-state index contributed by atoms with van der Waals surface area (Å²) in [4.78, 5) is 23.3. The van der Waals surface area contributed by atoms with Gasteiger partial charge in [-0.3, -0.25) is 4.79 Å². The molecule has 114 valence electrons. The lowest BCUT2D eigenvalue weighted by Gasteiger charge is -2.08. The summed E-state index contributed by atoms with van der Waals surface area (Å²) >= 11 is 11.8. The predicted molar refractivity (Wildman–Crippen MR) is 85.0 cm³/mol. The van der Waals surface area contributed by atoms with Gasteiger partial charge in [0, 0.05) is 16.6 Å². The second kappa shape index (κ2) is 7.82. The van der Waals surface area contributed by atoms with Crippen molar-refractivity contribution in [2.45, 2.75) is 6.54 Å². The van der Waals surface area contributed by atoms with Crippen molar-refractivity contribution in [2.24, 2.45) is 0 Å². The Hall–Kier alpha value is -2.04. The molecule has 0 spiro atoms. The van der Waals surface area contributed by atoms with Gasteiger partial charge in [0.25, 0.3) is 5.91 Å². The van der Waals surface area contributed by atoms with Crippen molar-refractivity contribution in [3.63, 3.8) is 0 Å². The number of benzene rings is 2. The van der Waals surface area contributed by atoms with Crippen molar-refractivity contribution in [2.75, 3.05) is 6.61 Å². The monoisotopic (exact) mass is 337 g/mol. The number of hydrogen-bond acceptors (Lipinski definition) is 3. The summed E-state index contributed by atoms with van der Waals surface area (Å²) in [6.45, 7) is -0.114. The van der Waals surface area contributed by atoms with Crippen LogP contribution in [0.15, 0.2) is 48.5 Å². The molecule has 1 amide bonds. The standard InChI is InChI=1S/C16H13Cl2NO3/c17-13-7-6-12(14(18)8-13)9-19-15(20)10-22-16(21)11-4-2-1-3-5-11/h1-8H,9-10H2,(H,19,20). The summed E-state index contributed by atoms with van der Waals surface area (Å²) in [6, 6.07) is 13.5. The number of hydrogen-bond donors (Lipinski definition) is 1. The molecule has 2 rings (SSSR count). The van der Waals surface area contributed by atoms with Gasteiger partial charge in [-0.1, -0.05) is 47.5 Å².